The topological polar surface area (TPSA) is 74.0 Å². The molecule has 0 bridgehead atoms. The maximum atomic E-state index is 12.2. The molecule has 2 aromatic rings. The number of aryl methyl sites for hydroxylation is 1. The average molecular weight is 309 g/mol. The van der Waals surface area contributed by atoms with Crippen LogP contribution in [-0.2, 0) is 7.05 Å². The van der Waals surface area contributed by atoms with Gasteiger partial charge in [0.05, 0.1) is 11.6 Å². The Balaban J connectivity index is 1.63. The number of carbonyl (C=O) groups is 1. The summed E-state index contributed by atoms with van der Waals surface area (Å²) < 4.78 is 1.62. The Hall–Kier alpha value is -2.81. The van der Waals surface area contributed by atoms with Crippen molar-refractivity contribution in [3.8, 4) is 6.07 Å². The van der Waals surface area contributed by atoms with Crippen LogP contribution in [0.15, 0.2) is 36.5 Å². The molecule has 6 heteroatoms. The number of piperidine rings is 1. The van der Waals surface area contributed by atoms with Gasteiger partial charge < -0.3 is 10.2 Å². The van der Waals surface area contributed by atoms with Crippen molar-refractivity contribution in [2.75, 3.05) is 18.0 Å². The quantitative estimate of drug-likeness (QED) is 0.936. The average Bonchev–Trinajstić information content (AvgIpc) is 3.02. The summed E-state index contributed by atoms with van der Waals surface area (Å²) in [4.78, 5) is 14.5. The van der Waals surface area contributed by atoms with Crippen LogP contribution in [0, 0.1) is 11.3 Å². The fourth-order valence-electron chi connectivity index (χ4n) is 2.87. The molecular formula is C17H19N5O. The van der Waals surface area contributed by atoms with Crippen molar-refractivity contribution in [1.29, 1.82) is 5.26 Å². The summed E-state index contributed by atoms with van der Waals surface area (Å²) in [6.07, 6.45) is 3.75. The molecule has 3 rings (SSSR count). The largest absolute Gasteiger partial charge is 0.369 e. The Morgan fingerprint density at radius 1 is 1.35 bits per heavy atom. The van der Waals surface area contributed by atoms with Gasteiger partial charge in [0.15, 0.2) is 0 Å². The zero-order valence-corrected chi connectivity index (χ0v) is 13.1. The molecule has 23 heavy (non-hydrogen) atoms. The van der Waals surface area contributed by atoms with Gasteiger partial charge in [-0.1, -0.05) is 0 Å². The summed E-state index contributed by atoms with van der Waals surface area (Å²) in [5, 5.41) is 16.1. The van der Waals surface area contributed by atoms with Crippen LogP contribution < -0.4 is 10.2 Å². The monoisotopic (exact) mass is 309 g/mol. The number of hydrogen-bond donors (Lipinski definition) is 1. The van der Waals surface area contributed by atoms with E-state index >= 15 is 0 Å². The maximum Gasteiger partial charge on any atom is 0.272 e. The van der Waals surface area contributed by atoms with E-state index in [9.17, 15) is 4.79 Å². The van der Waals surface area contributed by atoms with Gasteiger partial charge in [-0.05, 0) is 43.2 Å². The lowest BCUT2D eigenvalue weighted by Crippen LogP contribution is -2.48. The molecule has 118 valence electrons. The van der Waals surface area contributed by atoms with Crippen molar-refractivity contribution in [2.45, 2.75) is 18.9 Å². The molecule has 1 aromatic carbocycles. The number of nitriles is 1. The first-order chi connectivity index (χ1) is 11.2. The molecular weight excluding hydrogens is 290 g/mol. The van der Waals surface area contributed by atoms with Crippen molar-refractivity contribution < 1.29 is 4.79 Å². The summed E-state index contributed by atoms with van der Waals surface area (Å²) in [5.41, 5.74) is 2.19. The number of anilines is 1. The van der Waals surface area contributed by atoms with Gasteiger partial charge in [0.2, 0.25) is 0 Å². The normalized spacial score (nSPS) is 17.6. The molecule has 2 heterocycles. The Morgan fingerprint density at radius 3 is 2.78 bits per heavy atom. The number of nitrogens with zero attached hydrogens (tertiary/aromatic N) is 4. The summed E-state index contributed by atoms with van der Waals surface area (Å²) in [6.45, 7) is 1.73. The first-order valence-electron chi connectivity index (χ1n) is 7.71. The summed E-state index contributed by atoms with van der Waals surface area (Å²) in [7, 11) is 1.80. The number of hydrogen-bond acceptors (Lipinski definition) is 4. The van der Waals surface area contributed by atoms with Crippen molar-refractivity contribution in [3.63, 3.8) is 0 Å². The van der Waals surface area contributed by atoms with E-state index in [1.165, 1.54) is 0 Å². The molecule has 1 unspecified atom stereocenters. The van der Waals surface area contributed by atoms with E-state index in [2.05, 4.69) is 21.4 Å². The van der Waals surface area contributed by atoms with E-state index in [-0.39, 0.29) is 11.9 Å². The van der Waals surface area contributed by atoms with Gasteiger partial charge in [0.25, 0.3) is 5.91 Å². The highest BCUT2D eigenvalue weighted by atomic mass is 16.2. The van der Waals surface area contributed by atoms with Crippen LogP contribution in [0.3, 0.4) is 0 Å². The number of aromatic nitrogens is 2. The highest BCUT2D eigenvalue weighted by molar-refractivity contribution is 5.92. The van der Waals surface area contributed by atoms with Gasteiger partial charge in [0.1, 0.15) is 5.69 Å². The number of rotatable bonds is 3. The van der Waals surface area contributed by atoms with Gasteiger partial charge in [-0.25, -0.2) is 0 Å². The number of amides is 1. The highest BCUT2D eigenvalue weighted by Crippen LogP contribution is 2.20. The lowest BCUT2D eigenvalue weighted by molar-refractivity contribution is 0.0927. The van der Waals surface area contributed by atoms with Crippen LogP contribution in [0.25, 0.3) is 0 Å². The van der Waals surface area contributed by atoms with Crippen molar-refractivity contribution in [2.24, 2.45) is 7.05 Å². The zero-order chi connectivity index (χ0) is 16.2. The molecule has 1 aromatic heterocycles. The third-order valence-electron chi connectivity index (χ3n) is 4.06. The van der Waals surface area contributed by atoms with Crippen molar-refractivity contribution in [3.05, 3.63) is 47.8 Å². The lowest BCUT2D eigenvalue weighted by atomic mass is 10.0. The number of benzene rings is 1. The summed E-state index contributed by atoms with van der Waals surface area (Å²) >= 11 is 0. The third kappa shape index (κ3) is 3.51. The fourth-order valence-corrected chi connectivity index (χ4v) is 2.87. The number of carbonyl (C=O) groups excluding carboxylic acids is 1. The van der Waals surface area contributed by atoms with E-state index < -0.39 is 0 Å². The van der Waals surface area contributed by atoms with Gasteiger partial charge in [-0.3, -0.25) is 9.48 Å². The molecule has 1 aliphatic heterocycles. The summed E-state index contributed by atoms with van der Waals surface area (Å²) in [6, 6.07) is 11.5. The van der Waals surface area contributed by atoms with E-state index in [4.69, 9.17) is 5.26 Å². The molecule has 6 nitrogen and oxygen atoms in total. The minimum absolute atomic E-state index is 0.105. The van der Waals surface area contributed by atoms with Crippen LogP contribution >= 0.6 is 0 Å². The summed E-state index contributed by atoms with van der Waals surface area (Å²) in [5.74, 6) is -0.128. The van der Waals surface area contributed by atoms with Gasteiger partial charge >= 0.3 is 0 Å². The smallest absolute Gasteiger partial charge is 0.272 e. The zero-order valence-electron chi connectivity index (χ0n) is 13.1. The Kier molecular flexibility index (Phi) is 4.29. The second kappa shape index (κ2) is 6.53. The molecule has 1 atom stereocenters. The maximum absolute atomic E-state index is 12.2. The number of nitrogens with one attached hydrogen (secondary N) is 1. The first-order valence-corrected chi connectivity index (χ1v) is 7.71. The molecule has 0 radical (unpaired) electrons. The van der Waals surface area contributed by atoms with Crippen LogP contribution in [-0.4, -0.2) is 34.8 Å². The van der Waals surface area contributed by atoms with E-state index in [0.29, 0.717) is 11.3 Å². The van der Waals surface area contributed by atoms with E-state index in [0.717, 1.165) is 31.6 Å². The minimum Gasteiger partial charge on any atom is -0.369 e. The lowest BCUT2D eigenvalue weighted by Gasteiger charge is -2.34. The van der Waals surface area contributed by atoms with Crippen molar-refractivity contribution >= 4 is 11.6 Å². The Bertz CT molecular complexity index is 728. The predicted octanol–water partition coefficient (Wildman–Crippen LogP) is 1.69. The second-order valence-electron chi connectivity index (χ2n) is 5.79. The fraction of sp³-hybridized carbons (Fsp3) is 0.353. The van der Waals surface area contributed by atoms with Crippen LogP contribution in [0.4, 0.5) is 5.69 Å². The van der Waals surface area contributed by atoms with Crippen molar-refractivity contribution in [1.82, 2.24) is 15.1 Å². The van der Waals surface area contributed by atoms with Gasteiger partial charge in [0, 0.05) is 38.1 Å². The molecule has 1 N–H and O–H groups in total. The third-order valence-corrected chi connectivity index (χ3v) is 4.06. The highest BCUT2D eigenvalue weighted by Gasteiger charge is 2.22. The molecule has 1 amide bonds. The minimum atomic E-state index is -0.128. The Morgan fingerprint density at radius 2 is 2.13 bits per heavy atom. The van der Waals surface area contributed by atoms with Gasteiger partial charge in [-0.2, -0.15) is 10.4 Å². The second-order valence-corrected chi connectivity index (χ2v) is 5.79. The standard InChI is InChI=1S/C17H19N5O/c1-21-10-8-16(20-21)17(23)19-14-3-2-9-22(12-14)15-6-4-13(11-18)5-7-15/h4-8,10,14H,2-3,9,12H2,1H3,(H,19,23). The van der Waals surface area contributed by atoms with Crippen LogP contribution in [0.2, 0.25) is 0 Å². The van der Waals surface area contributed by atoms with Crippen LogP contribution in [0.1, 0.15) is 28.9 Å². The first kappa shape index (κ1) is 15.1. The van der Waals surface area contributed by atoms with Crippen LogP contribution in [0.5, 0.6) is 0 Å². The molecule has 1 fully saturated rings. The molecule has 0 spiro atoms. The Labute approximate surface area is 135 Å². The predicted molar refractivity (Wildman–Crippen MR) is 87.1 cm³/mol. The molecule has 1 saturated heterocycles. The molecule has 0 aliphatic carbocycles. The SMILES string of the molecule is Cn1ccc(C(=O)NC2CCCN(c3ccc(C#N)cc3)C2)n1. The van der Waals surface area contributed by atoms with E-state index in [1.807, 2.05) is 24.3 Å². The van der Waals surface area contributed by atoms with E-state index in [1.54, 1.807) is 24.0 Å². The van der Waals surface area contributed by atoms with Gasteiger partial charge in [-0.15, -0.1) is 0 Å². The molecule has 0 saturated carbocycles. The molecule has 1 aliphatic rings.